The maximum atomic E-state index is 12.8. The molecule has 3 aromatic rings. The summed E-state index contributed by atoms with van der Waals surface area (Å²) < 4.78 is 17.2. The Morgan fingerprint density at radius 3 is 2.25 bits per heavy atom. The molecule has 2 aliphatic rings. The molecule has 0 radical (unpaired) electrons. The Bertz CT molecular complexity index is 1270. The molecule has 1 fully saturated rings. The van der Waals surface area contributed by atoms with Gasteiger partial charge in [-0.15, -0.1) is 0 Å². The highest BCUT2D eigenvalue weighted by molar-refractivity contribution is 5.90. The molecule has 2 aromatic carbocycles. The molecule has 11 nitrogen and oxygen atoms in total. The number of rotatable bonds is 2. The average molecular weight is 446 g/mol. The molecule has 5 rings (SSSR count). The van der Waals surface area contributed by atoms with Crippen molar-refractivity contribution in [2.45, 2.75) is 30.5 Å². The first-order chi connectivity index (χ1) is 15.2. The first-order valence-corrected chi connectivity index (χ1v) is 9.59. The third-order valence-corrected chi connectivity index (χ3v) is 5.75. The van der Waals surface area contributed by atoms with Crippen LogP contribution in [0, 0.1) is 0 Å². The summed E-state index contributed by atoms with van der Waals surface area (Å²) in [7, 11) is 0. The minimum absolute atomic E-state index is 0.0477. The standard InChI is InChI=1S/C21H18O11/c22-5-13-17(28)18(29)21-20(32-13)15-12(31-21)4-8(24)14-7(23)3-11(30-19(14)15)6-1-9(25)16(27)10(26)2-6/h1-4,13,17-18,20-22,24-29H,5H2/t13-,17-,18+,20+,21+/m1/s1. The lowest BCUT2D eigenvalue weighted by molar-refractivity contribution is -0.215. The van der Waals surface area contributed by atoms with Gasteiger partial charge in [-0.1, -0.05) is 0 Å². The van der Waals surface area contributed by atoms with Crippen molar-refractivity contribution in [1.29, 1.82) is 0 Å². The van der Waals surface area contributed by atoms with Crippen LogP contribution in [0.25, 0.3) is 22.3 Å². The van der Waals surface area contributed by atoms with E-state index in [-0.39, 0.29) is 33.6 Å². The Balaban J connectivity index is 1.74. The molecule has 0 aliphatic carbocycles. The molecule has 0 unspecified atom stereocenters. The van der Waals surface area contributed by atoms with E-state index < -0.39 is 65.6 Å². The van der Waals surface area contributed by atoms with Crippen molar-refractivity contribution in [3.63, 3.8) is 0 Å². The number of aliphatic hydroxyl groups is 3. The maximum Gasteiger partial charge on any atom is 0.200 e. The molecule has 7 N–H and O–H groups in total. The van der Waals surface area contributed by atoms with Gasteiger partial charge in [0.05, 0.1) is 12.2 Å². The van der Waals surface area contributed by atoms with Crippen LogP contribution in [0.1, 0.15) is 11.7 Å². The van der Waals surface area contributed by atoms with Gasteiger partial charge < -0.3 is 49.6 Å². The molecule has 0 bridgehead atoms. The first kappa shape index (κ1) is 20.4. The molecule has 1 saturated heterocycles. The van der Waals surface area contributed by atoms with E-state index in [1.54, 1.807) is 0 Å². The molecular formula is C21H18O11. The first-order valence-electron chi connectivity index (χ1n) is 9.59. The van der Waals surface area contributed by atoms with Crippen LogP contribution >= 0.6 is 0 Å². The van der Waals surface area contributed by atoms with Gasteiger partial charge in [0.25, 0.3) is 0 Å². The van der Waals surface area contributed by atoms with Crippen LogP contribution < -0.4 is 10.2 Å². The van der Waals surface area contributed by atoms with E-state index in [4.69, 9.17) is 13.9 Å². The van der Waals surface area contributed by atoms with E-state index >= 15 is 0 Å². The van der Waals surface area contributed by atoms with Crippen molar-refractivity contribution >= 4 is 11.0 Å². The number of phenolic OH excluding ortho intramolecular Hbond substituents is 4. The van der Waals surface area contributed by atoms with Crippen molar-refractivity contribution in [3.8, 4) is 40.1 Å². The second-order valence-corrected chi connectivity index (χ2v) is 7.69. The molecule has 32 heavy (non-hydrogen) atoms. The highest BCUT2D eigenvalue weighted by Crippen LogP contribution is 2.50. The van der Waals surface area contributed by atoms with Crippen molar-refractivity contribution in [2.75, 3.05) is 6.61 Å². The fourth-order valence-corrected chi connectivity index (χ4v) is 4.17. The third kappa shape index (κ3) is 2.79. The monoisotopic (exact) mass is 446 g/mol. The topological polar surface area (TPSA) is 190 Å². The zero-order valence-corrected chi connectivity index (χ0v) is 16.2. The van der Waals surface area contributed by atoms with Gasteiger partial charge in [0, 0.05) is 17.7 Å². The van der Waals surface area contributed by atoms with Crippen LogP contribution in [0.5, 0.6) is 28.7 Å². The van der Waals surface area contributed by atoms with Crippen LogP contribution in [0.4, 0.5) is 0 Å². The van der Waals surface area contributed by atoms with E-state index in [1.807, 2.05) is 0 Å². The second-order valence-electron chi connectivity index (χ2n) is 7.69. The highest BCUT2D eigenvalue weighted by atomic mass is 16.6. The fraction of sp³-hybridized carbons (Fsp3) is 0.286. The van der Waals surface area contributed by atoms with Crippen molar-refractivity contribution in [2.24, 2.45) is 0 Å². The molecule has 11 heteroatoms. The fourth-order valence-electron chi connectivity index (χ4n) is 4.17. The normalized spacial score (nSPS) is 26.5. The predicted molar refractivity (Wildman–Crippen MR) is 106 cm³/mol. The number of benzene rings is 2. The molecule has 0 spiro atoms. The predicted octanol–water partition coefficient (Wildman–Crippen LogP) is 0.197. The van der Waals surface area contributed by atoms with E-state index in [2.05, 4.69) is 0 Å². The van der Waals surface area contributed by atoms with Gasteiger partial charge in [0.2, 0.25) is 0 Å². The quantitative estimate of drug-likeness (QED) is 0.266. The summed E-state index contributed by atoms with van der Waals surface area (Å²) in [6.45, 7) is -0.589. The smallest absolute Gasteiger partial charge is 0.200 e. The largest absolute Gasteiger partial charge is 0.507 e. The maximum absolute atomic E-state index is 12.8. The van der Waals surface area contributed by atoms with E-state index in [0.29, 0.717) is 0 Å². The van der Waals surface area contributed by atoms with E-state index in [1.165, 1.54) is 6.07 Å². The molecule has 168 valence electrons. The summed E-state index contributed by atoms with van der Waals surface area (Å²) in [4.78, 5) is 12.8. The lowest BCUT2D eigenvalue weighted by atomic mass is 9.92. The number of aliphatic hydroxyl groups excluding tert-OH is 3. The summed E-state index contributed by atoms with van der Waals surface area (Å²) in [5.41, 5.74) is -0.564. The Kier molecular flexibility index (Phi) is 4.46. The third-order valence-electron chi connectivity index (χ3n) is 5.75. The summed E-state index contributed by atoms with van der Waals surface area (Å²) in [5.74, 6) is -2.56. The Labute approximate surface area is 178 Å². The molecular weight excluding hydrogens is 428 g/mol. The molecule has 5 atom stereocenters. The summed E-state index contributed by atoms with van der Waals surface area (Å²) in [5, 5.41) is 69.5. The Morgan fingerprint density at radius 2 is 1.59 bits per heavy atom. The Hall–Kier alpha value is -3.51. The van der Waals surface area contributed by atoms with E-state index in [9.17, 15) is 40.5 Å². The minimum atomic E-state index is -1.43. The van der Waals surface area contributed by atoms with Gasteiger partial charge in [-0.3, -0.25) is 4.79 Å². The van der Waals surface area contributed by atoms with Gasteiger partial charge in [0.15, 0.2) is 34.4 Å². The van der Waals surface area contributed by atoms with Gasteiger partial charge >= 0.3 is 0 Å². The number of fused-ring (bicyclic) bond motifs is 5. The minimum Gasteiger partial charge on any atom is -0.507 e. The van der Waals surface area contributed by atoms with Gasteiger partial charge in [-0.05, 0) is 12.1 Å². The van der Waals surface area contributed by atoms with Gasteiger partial charge in [-0.2, -0.15) is 0 Å². The Morgan fingerprint density at radius 1 is 0.906 bits per heavy atom. The number of hydrogen-bond acceptors (Lipinski definition) is 11. The van der Waals surface area contributed by atoms with Crippen LogP contribution in [0.3, 0.4) is 0 Å². The number of hydrogen-bond donors (Lipinski definition) is 7. The second kappa shape index (κ2) is 7.00. The SMILES string of the molecule is O=c1cc(-c2cc(O)c(O)c(O)c2)oc2c3c(cc(O)c12)O[C@H]1[C@@H](O)[C@H](O)[C@@H](CO)O[C@@H]31. The average Bonchev–Trinajstić information content (AvgIpc) is 3.12. The molecule has 0 saturated carbocycles. The molecule has 3 heterocycles. The van der Waals surface area contributed by atoms with Crippen LogP contribution in [-0.2, 0) is 4.74 Å². The zero-order chi connectivity index (χ0) is 22.9. The van der Waals surface area contributed by atoms with Crippen LogP contribution in [0.15, 0.2) is 33.5 Å². The number of ether oxygens (including phenoxy) is 2. The lowest BCUT2D eigenvalue weighted by Crippen LogP contribution is -2.55. The summed E-state index contributed by atoms with van der Waals surface area (Å²) in [6, 6.07) is 4.34. The highest BCUT2D eigenvalue weighted by Gasteiger charge is 2.52. The lowest BCUT2D eigenvalue weighted by Gasteiger charge is -2.38. The number of aromatic hydroxyl groups is 4. The van der Waals surface area contributed by atoms with E-state index in [0.717, 1.165) is 18.2 Å². The molecule has 0 amide bonds. The van der Waals surface area contributed by atoms with Crippen molar-refractivity contribution < 1.29 is 49.6 Å². The number of phenols is 4. The summed E-state index contributed by atoms with van der Waals surface area (Å²) in [6.07, 6.45) is -6.13. The summed E-state index contributed by atoms with van der Waals surface area (Å²) >= 11 is 0. The zero-order valence-electron chi connectivity index (χ0n) is 16.2. The molecule has 1 aromatic heterocycles. The van der Waals surface area contributed by atoms with Crippen LogP contribution in [0.2, 0.25) is 0 Å². The van der Waals surface area contributed by atoms with Gasteiger partial charge in [0.1, 0.15) is 47.1 Å². The molecule has 2 aliphatic heterocycles. The van der Waals surface area contributed by atoms with Crippen molar-refractivity contribution in [1.82, 2.24) is 0 Å². The van der Waals surface area contributed by atoms with Crippen molar-refractivity contribution in [3.05, 3.63) is 40.1 Å². The van der Waals surface area contributed by atoms with Gasteiger partial charge in [-0.25, -0.2) is 0 Å². The van der Waals surface area contributed by atoms with Crippen LogP contribution in [-0.4, -0.2) is 66.8 Å².